The maximum absolute atomic E-state index is 12.0. The van der Waals surface area contributed by atoms with Crippen molar-refractivity contribution in [1.82, 2.24) is 5.32 Å². The van der Waals surface area contributed by atoms with Crippen molar-refractivity contribution < 1.29 is 24.5 Å². The lowest BCUT2D eigenvalue weighted by atomic mass is 10.0. The molecule has 3 atom stereocenters. The van der Waals surface area contributed by atoms with Crippen molar-refractivity contribution in [2.75, 3.05) is 13.2 Å². The van der Waals surface area contributed by atoms with Crippen LogP contribution in [0, 0.1) is 5.92 Å². The predicted molar refractivity (Wildman–Crippen MR) is 73.7 cm³/mol. The minimum Gasteiger partial charge on any atom is -0.508 e. The van der Waals surface area contributed by atoms with Gasteiger partial charge < -0.3 is 26.0 Å². The maximum atomic E-state index is 12.0. The van der Waals surface area contributed by atoms with E-state index in [4.69, 9.17) is 10.5 Å². The minimum absolute atomic E-state index is 0.101. The Morgan fingerprint density at radius 2 is 2.00 bits per heavy atom. The van der Waals surface area contributed by atoms with Crippen LogP contribution in [0.4, 0.5) is 0 Å². The number of benzene rings is 1. The van der Waals surface area contributed by atoms with Crippen molar-refractivity contribution in [3.05, 3.63) is 29.8 Å². The fourth-order valence-electron chi connectivity index (χ4n) is 2.19. The first kappa shape index (κ1) is 15.3. The summed E-state index contributed by atoms with van der Waals surface area (Å²) in [5.74, 6) is -1.95. The summed E-state index contributed by atoms with van der Waals surface area (Å²) in [5.41, 5.74) is 6.44. The number of carbonyl (C=O) groups excluding carboxylic acids is 1. The second-order valence-electron chi connectivity index (χ2n) is 5.08. The highest BCUT2D eigenvalue weighted by Crippen LogP contribution is 2.14. The Morgan fingerprint density at radius 3 is 2.52 bits per heavy atom. The quantitative estimate of drug-likeness (QED) is 0.579. The average Bonchev–Trinajstić information content (AvgIpc) is 2.86. The SMILES string of the molecule is NC1COCC1C(=O)N[C@@H](Cc1ccc(O)cc1)C(=O)O. The number of phenolic OH excluding ortho intramolecular Hbond substituents is 1. The number of carboxylic acid groups (broad SMARTS) is 1. The highest BCUT2D eigenvalue weighted by Gasteiger charge is 2.33. The van der Waals surface area contributed by atoms with Gasteiger partial charge >= 0.3 is 5.97 Å². The number of nitrogens with two attached hydrogens (primary N) is 1. The van der Waals surface area contributed by atoms with E-state index in [1.165, 1.54) is 12.1 Å². The highest BCUT2D eigenvalue weighted by atomic mass is 16.5. The average molecular weight is 294 g/mol. The van der Waals surface area contributed by atoms with Crippen molar-refractivity contribution in [1.29, 1.82) is 0 Å². The fourth-order valence-corrected chi connectivity index (χ4v) is 2.19. The summed E-state index contributed by atoms with van der Waals surface area (Å²) in [4.78, 5) is 23.3. The van der Waals surface area contributed by atoms with Gasteiger partial charge in [-0.05, 0) is 17.7 Å². The Balaban J connectivity index is 2.00. The Hall–Kier alpha value is -2.12. The zero-order valence-corrected chi connectivity index (χ0v) is 11.4. The molecule has 1 aliphatic heterocycles. The van der Waals surface area contributed by atoms with Crippen molar-refractivity contribution in [3.8, 4) is 5.75 Å². The van der Waals surface area contributed by atoms with Gasteiger partial charge in [0.1, 0.15) is 11.8 Å². The molecule has 0 spiro atoms. The molecule has 0 aromatic heterocycles. The van der Waals surface area contributed by atoms with Gasteiger partial charge in [-0.3, -0.25) is 4.79 Å². The van der Waals surface area contributed by atoms with Crippen LogP contribution in [-0.4, -0.2) is 47.4 Å². The number of aromatic hydroxyl groups is 1. The van der Waals surface area contributed by atoms with Crippen LogP contribution in [0.15, 0.2) is 24.3 Å². The van der Waals surface area contributed by atoms with E-state index >= 15 is 0 Å². The lowest BCUT2D eigenvalue weighted by Gasteiger charge is -2.18. The van der Waals surface area contributed by atoms with Crippen LogP contribution in [0.2, 0.25) is 0 Å². The molecule has 0 saturated carbocycles. The third-order valence-electron chi connectivity index (χ3n) is 3.45. The zero-order valence-electron chi connectivity index (χ0n) is 11.4. The van der Waals surface area contributed by atoms with Gasteiger partial charge in [0, 0.05) is 12.5 Å². The minimum atomic E-state index is -1.12. The van der Waals surface area contributed by atoms with Crippen LogP contribution < -0.4 is 11.1 Å². The van der Waals surface area contributed by atoms with E-state index in [9.17, 15) is 19.8 Å². The molecular weight excluding hydrogens is 276 g/mol. The first-order chi connectivity index (χ1) is 9.97. The predicted octanol–water partition coefficient (Wildman–Crippen LogP) is -0.522. The summed E-state index contributed by atoms with van der Waals surface area (Å²) in [6, 6.07) is 4.71. The van der Waals surface area contributed by atoms with E-state index < -0.39 is 29.9 Å². The van der Waals surface area contributed by atoms with Crippen LogP contribution >= 0.6 is 0 Å². The molecule has 1 fully saturated rings. The summed E-state index contributed by atoms with van der Waals surface area (Å²) in [6.45, 7) is 0.506. The third-order valence-corrected chi connectivity index (χ3v) is 3.45. The van der Waals surface area contributed by atoms with E-state index in [1.807, 2.05) is 0 Å². The van der Waals surface area contributed by atoms with E-state index in [2.05, 4.69) is 5.32 Å². The molecule has 0 radical (unpaired) electrons. The fraction of sp³-hybridized carbons (Fsp3) is 0.429. The lowest BCUT2D eigenvalue weighted by Crippen LogP contribution is -2.48. The first-order valence-electron chi connectivity index (χ1n) is 6.62. The molecule has 1 saturated heterocycles. The second kappa shape index (κ2) is 6.55. The van der Waals surface area contributed by atoms with Gasteiger partial charge in [-0.1, -0.05) is 12.1 Å². The molecule has 1 aromatic carbocycles. The normalized spacial score (nSPS) is 22.7. The van der Waals surface area contributed by atoms with Crippen molar-refractivity contribution in [2.45, 2.75) is 18.5 Å². The molecule has 1 heterocycles. The van der Waals surface area contributed by atoms with E-state index in [1.54, 1.807) is 12.1 Å². The number of amides is 1. The number of ether oxygens (including phenoxy) is 1. The van der Waals surface area contributed by atoms with Crippen LogP contribution in [0.5, 0.6) is 5.75 Å². The molecule has 7 heteroatoms. The Kier molecular flexibility index (Phi) is 4.77. The number of rotatable bonds is 5. The number of phenols is 1. The molecule has 114 valence electrons. The molecule has 0 bridgehead atoms. The van der Waals surface area contributed by atoms with Crippen molar-refractivity contribution in [2.24, 2.45) is 11.7 Å². The van der Waals surface area contributed by atoms with Crippen LogP contribution in [0.25, 0.3) is 0 Å². The molecule has 2 rings (SSSR count). The number of carboxylic acids is 1. The summed E-state index contributed by atoms with van der Waals surface area (Å²) in [6.07, 6.45) is 0.129. The number of hydrogen-bond donors (Lipinski definition) is 4. The van der Waals surface area contributed by atoms with Crippen molar-refractivity contribution in [3.63, 3.8) is 0 Å². The van der Waals surface area contributed by atoms with E-state index in [0.29, 0.717) is 12.2 Å². The van der Waals surface area contributed by atoms with Crippen LogP contribution in [0.3, 0.4) is 0 Å². The molecule has 7 nitrogen and oxygen atoms in total. The largest absolute Gasteiger partial charge is 0.508 e. The van der Waals surface area contributed by atoms with E-state index in [-0.39, 0.29) is 18.8 Å². The number of carbonyl (C=O) groups is 2. The molecule has 21 heavy (non-hydrogen) atoms. The van der Waals surface area contributed by atoms with Gasteiger partial charge in [0.25, 0.3) is 0 Å². The molecule has 1 aromatic rings. The Morgan fingerprint density at radius 1 is 1.33 bits per heavy atom. The standard InChI is InChI=1S/C14H18N2O5/c15-11-7-21-6-10(11)13(18)16-12(14(19)20)5-8-1-3-9(17)4-2-8/h1-4,10-12,17H,5-7,15H2,(H,16,18)(H,19,20)/t10?,11?,12-/m0/s1. The van der Waals surface area contributed by atoms with Gasteiger partial charge in [0.05, 0.1) is 19.1 Å². The van der Waals surface area contributed by atoms with Crippen LogP contribution in [-0.2, 0) is 20.7 Å². The summed E-state index contributed by atoms with van der Waals surface area (Å²) < 4.78 is 5.10. The van der Waals surface area contributed by atoms with Gasteiger partial charge in [-0.25, -0.2) is 4.79 Å². The molecule has 1 amide bonds. The van der Waals surface area contributed by atoms with Crippen molar-refractivity contribution >= 4 is 11.9 Å². The first-order valence-corrected chi connectivity index (χ1v) is 6.62. The molecule has 0 aliphatic carbocycles. The molecule has 5 N–H and O–H groups in total. The number of aliphatic carboxylic acids is 1. The summed E-state index contributed by atoms with van der Waals surface area (Å²) in [5, 5.41) is 20.9. The topological polar surface area (TPSA) is 122 Å². The van der Waals surface area contributed by atoms with Gasteiger partial charge in [0.15, 0.2) is 0 Å². The smallest absolute Gasteiger partial charge is 0.326 e. The maximum Gasteiger partial charge on any atom is 0.326 e. The van der Waals surface area contributed by atoms with Gasteiger partial charge in [0.2, 0.25) is 5.91 Å². The summed E-state index contributed by atoms with van der Waals surface area (Å²) in [7, 11) is 0. The van der Waals surface area contributed by atoms with Crippen LogP contribution in [0.1, 0.15) is 5.56 Å². The Bertz CT molecular complexity index is 517. The monoisotopic (exact) mass is 294 g/mol. The number of hydrogen-bond acceptors (Lipinski definition) is 5. The third kappa shape index (κ3) is 3.93. The second-order valence-corrected chi connectivity index (χ2v) is 5.08. The number of nitrogens with one attached hydrogen (secondary N) is 1. The lowest BCUT2D eigenvalue weighted by molar-refractivity contribution is -0.142. The zero-order chi connectivity index (χ0) is 15.4. The summed E-state index contributed by atoms with van der Waals surface area (Å²) >= 11 is 0. The van der Waals surface area contributed by atoms with E-state index in [0.717, 1.165) is 0 Å². The van der Waals surface area contributed by atoms with Gasteiger partial charge in [-0.2, -0.15) is 0 Å². The Labute approximate surface area is 121 Å². The molecule has 2 unspecified atom stereocenters. The molecule has 1 aliphatic rings. The molecular formula is C14H18N2O5. The highest BCUT2D eigenvalue weighted by molar-refractivity contribution is 5.85. The van der Waals surface area contributed by atoms with Gasteiger partial charge in [-0.15, -0.1) is 0 Å².